The SMILES string of the molecule is O=C(Cc1cc(Cl)ccc1Cl)Nc1cccc(Cl)c1Cl. The quantitative estimate of drug-likeness (QED) is 0.781. The van der Waals surface area contributed by atoms with Gasteiger partial charge in [0.15, 0.2) is 0 Å². The van der Waals surface area contributed by atoms with Gasteiger partial charge in [-0.3, -0.25) is 4.79 Å². The number of nitrogens with one attached hydrogen (secondary N) is 1. The molecule has 2 aromatic rings. The van der Waals surface area contributed by atoms with Crippen LogP contribution in [0, 0.1) is 0 Å². The molecule has 2 rings (SSSR count). The molecular formula is C14H9Cl4NO. The van der Waals surface area contributed by atoms with Gasteiger partial charge in [0.2, 0.25) is 5.91 Å². The van der Waals surface area contributed by atoms with E-state index in [2.05, 4.69) is 5.32 Å². The number of carbonyl (C=O) groups is 1. The average molecular weight is 349 g/mol. The highest BCUT2D eigenvalue weighted by atomic mass is 35.5. The molecule has 1 amide bonds. The minimum Gasteiger partial charge on any atom is -0.324 e. The number of amides is 1. The Morgan fingerprint density at radius 2 is 1.75 bits per heavy atom. The van der Waals surface area contributed by atoms with Gasteiger partial charge < -0.3 is 5.32 Å². The molecule has 104 valence electrons. The standard InChI is InChI=1S/C14H9Cl4NO/c15-9-4-5-10(16)8(6-9)7-13(20)19-12-3-1-2-11(17)14(12)18/h1-6H,7H2,(H,19,20). The third kappa shape index (κ3) is 3.80. The second-order valence-corrected chi connectivity index (χ2v) is 5.69. The number of halogens is 4. The van der Waals surface area contributed by atoms with E-state index in [1.165, 1.54) is 0 Å². The van der Waals surface area contributed by atoms with Crippen molar-refractivity contribution in [3.63, 3.8) is 0 Å². The van der Waals surface area contributed by atoms with Crippen molar-refractivity contribution < 1.29 is 4.79 Å². The maximum absolute atomic E-state index is 12.0. The molecule has 20 heavy (non-hydrogen) atoms. The molecule has 2 aromatic carbocycles. The Morgan fingerprint density at radius 1 is 1.00 bits per heavy atom. The van der Waals surface area contributed by atoms with Gasteiger partial charge in [-0.05, 0) is 35.9 Å². The lowest BCUT2D eigenvalue weighted by molar-refractivity contribution is -0.115. The van der Waals surface area contributed by atoms with Crippen LogP contribution in [-0.2, 0) is 11.2 Å². The zero-order valence-electron chi connectivity index (χ0n) is 10.1. The van der Waals surface area contributed by atoms with Gasteiger partial charge in [-0.25, -0.2) is 0 Å². The zero-order chi connectivity index (χ0) is 14.7. The summed E-state index contributed by atoms with van der Waals surface area (Å²) in [5.74, 6) is -0.252. The summed E-state index contributed by atoms with van der Waals surface area (Å²) in [6, 6.07) is 10.00. The van der Waals surface area contributed by atoms with Crippen molar-refractivity contribution in [2.24, 2.45) is 0 Å². The molecule has 1 N–H and O–H groups in total. The van der Waals surface area contributed by atoms with E-state index in [1.54, 1.807) is 36.4 Å². The van der Waals surface area contributed by atoms with Crippen LogP contribution in [0.25, 0.3) is 0 Å². The Kier molecular flexibility index (Phi) is 5.17. The fraction of sp³-hybridized carbons (Fsp3) is 0.0714. The number of anilines is 1. The summed E-state index contributed by atoms with van der Waals surface area (Å²) in [5, 5.41) is 4.39. The lowest BCUT2D eigenvalue weighted by Crippen LogP contribution is -2.15. The third-order valence-electron chi connectivity index (χ3n) is 2.58. The van der Waals surface area contributed by atoms with Crippen LogP contribution in [0.15, 0.2) is 36.4 Å². The summed E-state index contributed by atoms with van der Waals surface area (Å²) < 4.78 is 0. The van der Waals surface area contributed by atoms with Gasteiger partial charge in [0, 0.05) is 10.0 Å². The molecule has 0 spiro atoms. The zero-order valence-corrected chi connectivity index (χ0v) is 13.1. The van der Waals surface area contributed by atoms with E-state index in [4.69, 9.17) is 46.4 Å². The van der Waals surface area contributed by atoms with Crippen molar-refractivity contribution in [1.82, 2.24) is 0 Å². The molecule has 6 heteroatoms. The minimum absolute atomic E-state index is 0.0994. The predicted molar refractivity (Wildman–Crippen MR) is 85.3 cm³/mol. The van der Waals surface area contributed by atoms with E-state index in [-0.39, 0.29) is 12.3 Å². The Bertz CT molecular complexity index is 652. The third-order valence-corrected chi connectivity index (χ3v) is 4.01. The second kappa shape index (κ2) is 6.68. The summed E-state index contributed by atoms with van der Waals surface area (Å²) >= 11 is 23.8. The molecule has 0 aliphatic carbocycles. The molecular weight excluding hydrogens is 340 g/mol. The molecule has 2 nitrogen and oxygen atoms in total. The van der Waals surface area contributed by atoms with Gasteiger partial charge in [-0.15, -0.1) is 0 Å². The van der Waals surface area contributed by atoms with E-state index >= 15 is 0 Å². The maximum atomic E-state index is 12.0. The fourth-order valence-corrected chi connectivity index (χ4v) is 2.37. The van der Waals surface area contributed by atoms with Crippen LogP contribution in [-0.4, -0.2) is 5.91 Å². The van der Waals surface area contributed by atoms with Crippen molar-refractivity contribution >= 4 is 58.0 Å². The van der Waals surface area contributed by atoms with E-state index < -0.39 is 0 Å². The highest BCUT2D eigenvalue weighted by Crippen LogP contribution is 2.30. The highest BCUT2D eigenvalue weighted by molar-refractivity contribution is 6.44. The maximum Gasteiger partial charge on any atom is 0.228 e. The van der Waals surface area contributed by atoms with Crippen LogP contribution < -0.4 is 5.32 Å². The first-order valence-corrected chi connectivity index (χ1v) is 7.16. The molecule has 0 fully saturated rings. The van der Waals surface area contributed by atoms with Crippen LogP contribution in [0.1, 0.15) is 5.56 Å². The molecule has 0 heterocycles. The van der Waals surface area contributed by atoms with Crippen LogP contribution in [0.5, 0.6) is 0 Å². The van der Waals surface area contributed by atoms with E-state index in [0.29, 0.717) is 31.3 Å². The summed E-state index contributed by atoms with van der Waals surface area (Å²) in [5.41, 5.74) is 1.11. The number of rotatable bonds is 3. The van der Waals surface area contributed by atoms with Crippen LogP contribution >= 0.6 is 46.4 Å². The summed E-state index contributed by atoms with van der Waals surface area (Å²) in [6.45, 7) is 0. The van der Waals surface area contributed by atoms with Gasteiger partial charge in [0.05, 0.1) is 22.2 Å². The molecule has 0 radical (unpaired) electrons. The molecule has 0 aliphatic heterocycles. The number of carbonyl (C=O) groups excluding carboxylic acids is 1. The first-order valence-electron chi connectivity index (χ1n) is 5.65. The van der Waals surface area contributed by atoms with Crippen molar-refractivity contribution in [2.45, 2.75) is 6.42 Å². The topological polar surface area (TPSA) is 29.1 Å². The van der Waals surface area contributed by atoms with Gasteiger partial charge >= 0.3 is 0 Å². The number of hydrogen-bond acceptors (Lipinski definition) is 1. The van der Waals surface area contributed by atoms with Gasteiger partial charge in [0.1, 0.15) is 0 Å². The Morgan fingerprint density at radius 3 is 2.50 bits per heavy atom. The van der Waals surface area contributed by atoms with Gasteiger partial charge in [-0.2, -0.15) is 0 Å². The van der Waals surface area contributed by atoms with Gasteiger partial charge in [-0.1, -0.05) is 52.5 Å². The summed E-state index contributed by atoms with van der Waals surface area (Å²) in [6.07, 6.45) is 0.0994. The summed E-state index contributed by atoms with van der Waals surface area (Å²) in [7, 11) is 0. The van der Waals surface area contributed by atoms with E-state index in [1.807, 2.05) is 0 Å². The smallest absolute Gasteiger partial charge is 0.228 e. The molecule has 0 aromatic heterocycles. The van der Waals surface area contributed by atoms with Crippen LogP contribution in [0.3, 0.4) is 0 Å². The first-order chi connectivity index (χ1) is 9.47. The first kappa shape index (κ1) is 15.5. The largest absolute Gasteiger partial charge is 0.324 e. The lowest BCUT2D eigenvalue weighted by Gasteiger charge is -2.09. The van der Waals surface area contributed by atoms with Crippen molar-refractivity contribution in [3.8, 4) is 0 Å². The molecule has 0 aliphatic rings. The Balaban J connectivity index is 2.13. The lowest BCUT2D eigenvalue weighted by atomic mass is 10.1. The Hall–Kier alpha value is -0.930. The molecule has 0 unspecified atom stereocenters. The molecule has 0 saturated carbocycles. The normalized spacial score (nSPS) is 10.4. The molecule has 0 atom stereocenters. The van der Waals surface area contributed by atoms with E-state index in [9.17, 15) is 4.79 Å². The minimum atomic E-state index is -0.252. The van der Waals surface area contributed by atoms with Crippen molar-refractivity contribution in [3.05, 3.63) is 62.1 Å². The predicted octanol–water partition coefficient (Wildman–Crippen LogP) is 5.48. The average Bonchev–Trinajstić information content (AvgIpc) is 2.39. The van der Waals surface area contributed by atoms with E-state index in [0.717, 1.165) is 0 Å². The van der Waals surface area contributed by atoms with Gasteiger partial charge in [0.25, 0.3) is 0 Å². The summed E-state index contributed by atoms with van der Waals surface area (Å²) in [4.78, 5) is 12.0. The molecule has 0 bridgehead atoms. The van der Waals surface area contributed by atoms with Crippen molar-refractivity contribution in [1.29, 1.82) is 0 Å². The van der Waals surface area contributed by atoms with Crippen LogP contribution in [0.4, 0.5) is 5.69 Å². The highest BCUT2D eigenvalue weighted by Gasteiger charge is 2.11. The molecule has 0 saturated heterocycles. The monoisotopic (exact) mass is 347 g/mol. The van der Waals surface area contributed by atoms with Crippen molar-refractivity contribution in [2.75, 3.05) is 5.32 Å². The number of benzene rings is 2. The number of hydrogen-bond donors (Lipinski definition) is 1. The Labute approximate surface area is 136 Å². The second-order valence-electron chi connectivity index (χ2n) is 4.06. The van der Waals surface area contributed by atoms with Crippen LogP contribution in [0.2, 0.25) is 20.1 Å². The fourth-order valence-electron chi connectivity index (χ4n) is 1.65.